The third-order valence-corrected chi connectivity index (χ3v) is 4.06. The van der Waals surface area contributed by atoms with E-state index in [0.717, 1.165) is 0 Å². The number of nitrogens with one attached hydrogen (secondary N) is 1. The number of nitrogens with two attached hydrogens (primary N) is 1. The molecule has 0 aliphatic carbocycles. The molecule has 0 heterocycles. The summed E-state index contributed by atoms with van der Waals surface area (Å²) in [7, 11) is -3.46. The summed E-state index contributed by atoms with van der Waals surface area (Å²) in [5, 5.41) is -0.641. The first-order valence-electron chi connectivity index (χ1n) is 5.44. The van der Waals surface area contributed by atoms with Crippen molar-refractivity contribution in [3.05, 3.63) is 24.3 Å². The van der Waals surface area contributed by atoms with Gasteiger partial charge in [0, 0.05) is 6.54 Å². The van der Waals surface area contributed by atoms with Crippen molar-refractivity contribution in [1.29, 1.82) is 0 Å². The molecule has 0 fully saturated rings. The Hall–Kier alpha value is -1.27. The van der Waals surface area contributed by atoms with E-state index in [4.69, 9.17) is 10.5 Å². The van der Waals surface area contributed by atoms with E-state index in [1.54, 1.807) is 31.2 Å². The smallest absolute Gasteiger partial charge is 0.236 e. The Bertz CT molecular complexity index is 460. The minimum absolute atomic E-state index is 0.0755. The highest BCUT2D eigenvalue weighted by molar-refractivity contribution is 7.93. The van der Waals surface area contributed by atoms with Gasteiger partial charge in [-0.15, -0.1) is 0 Å². The van der Waals surface area contributed by atoms with Crippen molar-refractivity contribution in [3.63, 3.8) is 0 Å². The SMILES string of the molecule is CCOc1ccccc1NS(=O)(=O)C(C)CN. The number of para-hydroxylation sites is 2. The van der Waals surface area contributed by atoms with Gasteiger partial charge in [0.15, 0.2) is 0 Å². The Labute approximate surface area is 102 Å². The Balaban J connectivity index is 2.95. The van der Waals surface area contributed by atoms with Crippen molar-refractivity contribution in [1.82, 2.24) is 0 Å². The zero-order chi connectivity index (χ0) is 12.9. The van der Waals surface area contributed by atoms with Gasteiger partial charge in [-0.3, -0.25) is 4.72 Å². The van der Waals surface area contributed by atoms with E-state index in [2.05, 4.69) is 4.72 Å². The van der Waals surface area contributed by atoms with Crippen LogP contribution in [0.3, 0.4) is 0 Å². The lowest BCUT2D eigenvalue weighted by molar-refractivity contribution is 0.342. The average Bonchev–Trinajstić information content (AvgIpc) is 2.30. The average molecular weight is 258 g/mol. The van der Waals surface area contributed by atoms with Crippen molar-refractivity contribution in [2.45, 2.75) is 19.1 Å². The summed E-state index contributed by atoms with van der Waals surface area (Å²) < 4.78 is 31.5. The number of benzene rings is 1. The van der Waals surface area contributed by atoms with E-state index in [1.165, 1.54) is 0 Å². The number of hydrogen-bond acceptors (Lipinski definition) is 4. The van der Waals surface area contributed by atoms with Crippen LogP contribution < -0.4 is 15.2 Å². The van der Waals surface area contributed by atoms with Crippen molar-refractivity contribution in [2.75, 3.05) is 17.9 Å². The maximum atomic E-state index is 11.8. The third kappa shape index (κ3) is 3.61. The molecule has 17 heavy (non-hydrogen) atoms. The zero-order valence-corrected chi connectivity index (χ0v) is 10.8. The van der Waals surface area contributed by atoms with Crippen LogP contribution in [0.1, 0.15) is 13.8 Å². The van der Waals surface area contributed by atoms with Crippen LogP contribution in [-0.4, -0.2) is 26.8 Å². The fourth-order valence-corrected chi connectivity index (χ4v) is 2.14. The fraction of sp³-hybridized carbons (Fsp3) is 0.455. The van der Waals surface area contributed by atoms with E-state index < -0.39 is 15.3 Å². The number of sulfonamides is 1. The number of anilines is 1. The first-order valence-corrected chi connectivity index (χ1v) is 6.99. The molecule has 0 aliphatic rings. The van der Waals surface area contributed by atoms with Crippen LogP contribution in [0.15, 0.2) is 24.3 Å². The topological polar surface area (TPSA) is 81.4 Å². The van der Waals surface area contributed by atoms with Gasteiger partial charge in [-0.25, -0.2) is 8.42 Å². The van der Waals surface area contributed by atoms with E-state index in [1.807, 2.05) is 6.92 Å². The normalized spacial score (nSPS) is 13.1. The van der Waals surface area contributed by atoms with Gasteiger partial charge in [0.05, 0.1) is 17.5 Å². The molecule has 0 saturated carbocycles. The summed E-state index contributed by atoms with van der Waals surface area (Å²) in [6, 6.07) is 6.91. The van der Waals surface area contributed by atoms with Gasteiger partial charge in [0.1, 0.15) is 5.75 Å². The molecular formula is C11H18N2O3S. The summed E-state index contributed by atoms with van der Waals surface area (Å²) in [6.07, 6.45) is 0. The van der Waals surface area contributed by atoms with Crippen LogP contribution in [0.5, 0.6) is 5.75 Å². The standard InChI is InChI=1S/C11H18N2O3S/c1-3-16-11-7-5-4-6-10(11)13-17(14,15)9(2)8-12/h4-7,9,13H,3,8,12H2,1-2H3. The van der Waals surface area contributed by atoms with Crippen molar-refractivity contribution < 1.29 is 13.2 Å². The van der Waals surface area contributed by atoms with Crippen molar-refractivity contribution in [3.8, 4) is 5.75 Å². The first-order chi connectivity index (χ1) is 8.01. The van der Waals surface area contributed by atoms with Crippen LogP contribution in [0.4, 0.5) is 5.69 Å². The van der Waals surface area contributed by atoms with Gasteiger partial charge in [0.25, 0.3) is 0 Å². The second kappa shape index (κ2) is 5.88. The van der Waals surface area contributed by atoms with Gasteiger partial charge in [0.2, 0.25) is 10.0 Å². The second-order valence-electron chi connectivity index (χ2n) is 3.62. The molecule has 0 aromatic heterocycles. The van der Waals surface area contributed by atoms with E-state index in [9.17, 15) is 8.42 Å². The Morgan fingerprint density at radius 1 is 1.41 bits per heavy atom. The molecular weight excluding hydrogens is 240 g/mol. The molecule has 0 amide bonds. The van der Waals surface area contributed by atoms with Crippen LogP contribution >= 0.6 is 0 Å². The third-order valence-electron chi connectivity index (χ3n) is 2.30. The molecule has 0 radical (unpaired) electrons. The maximum Gasteiger partial charge on any atom is 0.236 e. The Morgan fingerprint density at radius 2 is 2.06 bits per heavy atom. The monoisotopic (exact) mass is 258 g/mol. The molecule has 3 N–H and O–H groups in total. The Kier molecular flexibility index (Phi) is 4.77. The van der Waals surface area contributed by atoms with E-state index in [-0.39, 0.29) is 6.54 Å². The van der Waals surface area contributed by atoms with Gasteiger partial charge in [-0.1, -0.05) is 12.1 Å². The van der Waals surface area contributed by atoms with Crippen molar-refractivity contribution in [2.24, 2.45) is 5.73 Å². The molecule has 1 unspecified atom stereocenters. The molecule has 0 saturated heterocycles. The highest BCUT2D eigenvalue weighted by Crippen LogP contribution is 2.25. The molecule has 0 spiro atoms. The minimum atomic E-state index is -3.46. The minimum Gasteiger partial charge on any atom is -0.492 e. The molecule has 1 aromatic rings. The molecule has 5 nitrogen and oxygen atoms in total. The van der Waals surface area contributed by atoms with Crippen LogP contribution in [0, 0.1) is 0 Å². The molecule has 96 valence electrons. The largest absolute Gasteiger partial charge is 0.492 e. The summed E-state index contributed by atoms with van der Waals surface area (Å²) in [5.74, 6) is 0.516. The molecule has 6 heteroatoms. The van der Waals surface area contributed by atoms with Gasteiger partial charge in [-0.05, 0) is 26.0 Å². The quantitative estimate of drug-likeness (QED) is 0.802. The van der Waals surface area contributed by atoms with Crippen LogP contribution in [-0.2, 0) is 10.0 Å². The predicted molar refractivity (Wildman–Crippen MR) is 68.7 cm³/mol. The molecule has 1 aromatic carbocycles. The number of hydrogen-bond donors (Lipinski definition) is 2. The summed E-state index contributed by atoms with van der Waals surface area (Å²) >= 11 is 0. The summed E-state index contributed by atoms with van der Waals surface area (Å²) in [5.41, 5.74) is 5.80. The lowest BCUT2D eigenvalue weighted by Crippen LogP contribution is -2.31. The second-order valence-corrected chi connectivity index (χ2v) is 5.72. The van der Waals surface area contributed by atoms with Crippen LogP contribution in [0.2, 0.25) is 0 Å². The van der Waals surface area contributed by atoms with Crippen LogP contribution in [0.25, 0.3) is 0 Å². The van der Waals surface area contributed by atoms with Gasteiger partial charge >= 0.3 is 0 Å². The summed E-state index contributed by atoms with van der Waals surface area (Å²) in [4.78, 5) is 0. The highest BCUT2D eigenvalue weighted by Gasteiger charge is 2.20. The number of ether oxygens (including phenoxy) is 1. The molecule has 1 atom stereocenters. The van der Waals surface area contributed by atoms with E-state index in [0.29, 0.717) is 18.0 Å². The number of rotatable bonds is 6. The summed E-state index contributed by atoms with van der Waals surface area (Å²) in [6.45, 7) is 3.96. The van der Waals surface area contributed by atoms with E-state index >= 15 is 0 Å². The maximum absolute atomic E-state index is 11.8. The van der Waals surface area contributed by atoms with Gasteiger partial charge in [-0.2, -0.15) is 0 Å². The lowest BCUT2D eigenvalue weighted by Gasteiger charge is -2.15. The Morgan fingerprint density at radius 3 is 2.65 bits per heavy atom. The lowest BCUT2D eigenvalue weighted by atomic mass is 10.3. The van der Waals surface area contributed by atoms with Gasteiger partial charge < -0.3 is 10.5 Å². The molecule has 1 rings (SSSR count). The first kappa shape index (κ1) is 13.8. The fourth-order valence-electron chi connectivity index (χ4n) is 1.21. The molecule has 0 aliphatic heterocycles. The van der Waals surface area contributed by atoms with Crippen molar-refractivity contribution >= 4 is 15.7 Å². The molecule has 0 bridgehead atoms. The predicted octanol–water partition coefficient (Wildman–Crippen LogP) is 1.17. The highest BCUT2D eigenvalue weighted by atomic mass is 32.2. The zero-order valence-electron chi connectivity index (χ0n) is 10.0.